The predicted molar refractivity (Wildman–Crippen MR) is 82.4 cm³/mol. The molecule has 0 saturated heterocycles. The van der Waals surface area contributed by atoms with E-state index in [9.17, 15) is 0 Å². The number of anilines is 2. The lowest BCUT2D eigenvalue weighted by atomic mass is 10.00. The van der Waals surface area contributed by atoms with Gasteiger partial charge in [0, 0.05) is 11.4 Å². The zero-order valence-electron chi connectivity index (χ0n) is 11.8. The second-order valence-corrected chi connectivity index (χ2v) is 5.53. The van der Waals surface area contributed by atoms with Crippen molar-refractivity contribution < 1.29 is 0 Å². The predicted octanol–water partition coefficient (Wildman–Crippen LogP) is 2.91. The molecule has 1 saturated carbocycles. The van der Waals surface area contributed by atoms with Crippen LogP contribution in [0.3, 0.4) is 0 Å². The van der Waals surface area contributed by atoms with Crippen molar-refractivity contribution in [1.82, 2.24) is 9.97 Å². The van der Waals surface area contributed by atoms with Gasteiger partial charge in [0.2, 0.25) is 5.95 Å². The van der Waals surface area contributed by atoms with Gasteiger partial charge in [-0.2, -0.15) is 4.98 Å². The highest BCUT2D eigenvalue weighted by Crippen LogP contribution is 2.30. The molecule has 0 radical (unpaired) electrons. The molecule has 1 aliphatic carbocycles. The number of nitrogens with one attached hydrogen (secondary N) is 2. The van der Waals surface area contributed by atoms with E-state index in [4.69, 9.17) is 5.84 Å². The summed E-state index contributed by atoms with van der Waals surface area (Å²) in [5, 5.41) is 4.59. The van der Waals surface area contributed by atoms with Crippen LogP contribution in [0.4, 0.5) is 11.8 Å². The average Bonchev–Trinajstić information content (AvgIpc) is 3.01. The lowest BCUT2D eigenvalue weighted by molar-refractivity contribution is 0.481. The first-order chi connectivity index (χ1) is 9.78. The fraction of sp³-hybridized carbons (Fsp3) is 0.467. The molecule has 4 N–H and O–H groups in total. The fourth-order valence-electron chi connectivity index (χ4n) is 3.04. The molecule has 1 atom stereocenters. The van der Waals surface area contributed by atoms with E-state index in [1.54, 1.807) is 0 Å². The number of aromatic nitrogens is 2. The third-order valence-electron chi connectivity index (χ3n) is 4.20. The van der Waals surface area contributed by atoms with Crippen LogP contribution in [0.25, 0.3) is 10.9 Å². The van der Waals surface area contributed by atoms with E-state index in [1.807, 2.05) is 24.3 Å². The molecule has 2 aromatic rings. The minimum absolute atomic E-state index is 0.418. The molecular formula is C15H21N5. The number of hydrazine groups is 1. The van der Waals surface area contributed by atoms with Crippen molar-refractivity contribution in [3.63, 3.8) is 0 Å². The van der Waals surface area contributed by atoms with Crippen molar-refractivity contribution in [2.75, 3.05) is 10.7 Å². The highest BCUT2D eigenvalue weighted by Gasteiger charge is 2.22. The van der Waals surface area contributed by atoms with Crippen molar-refractivity contribution in [2.24, 2.45) is 11.8 Å². The van der Waals surface area contributed by atoms with Gasteiger partial charge in [-0.3, -0.25) is 5.43 Å². The highest BCUT2D eigenvalue weighted by molar-refractivity contribution is 5.90. The number of para-hydroxylation sites is 1. The normalized spacial score (nSPS) is 17.3. The summed E-state index contributed by atoms with van der Waals surface area (Å²) in [6.45, 7) is 2.24. The summed E-state index contributed by atoms with van der Waals surface area (Å²) in [7, 11) is 0. The molecule has 1 fully saturated rings. The summed E-state index contributed by atoms with van der Waals surface area (Å²) in [6.07, 6.45) is 5.30. The lowest BCUT2D eigenvalue weighted by Crippen LogP contribution is -2.25. The van der Waals surface area contributed by atoms with Gasteiger partial charge in [-0.25, -0.2) is 10.8 Å². The van der Waals surface area contributed by atoms with Gasteiger partial charge in [0.15, 0.2) is 0 Å². The minimum atomic E-state index is 0.418. The van der Waals surface area contributed by atoms with E-state index in [0.29, 0.717) is 12.0 Å². The van der Waals surface area contributed by atoms with E-state index in [0.717, 1.165) is 22.6 Å². The SMILES string of the molecule is CC(Nc1nc(NN)nc2ccccc12)C1CCCC1. The number of nitrogens with two attached hydrogens (primary N) is 1. The van der Waals surface area contributed by atoms with Gasteiger partial charge in [0.25, 0.3) is 0 Å². The highest BCUT2D eigenvalue weighted by atomic mass is 15.3. The minimum Gasteiger partial charge on any atom is -0.367 e. The van der Waals surface area contributed by atoms with Crippen LogP contribution in [0.1, 0.15) is 32.6 Å². The van der Waals surface area contributed by atoms with E-state index in [2.05, 4.69) is 27.6 Å². The van der Waals surface area contributed by atoms with Crippen LogP contribution in [0, 0.1) is 5.92 Å². The monoisotopic (exact) mass is 271 g/mol. The molecule has 1 aliphatic rings. The Balaban J connectivity index is 1.92. The Morgan fingerprint density at radius 1 is 1.20 bits per heavy atom. The van der Waals surface area contributed by atoms with Gasteiger partial charge in [-0.1, -0.05) is 25.0 Å². The summed E-state index contributed by atoms with van der Waals surface area (Å²) in [5.41, 5.74) is 3.44. The largest absolute Gasteiger partial charge is 0.367 e. The van der Waals surface area contributed by atoms with Crippen LogP contribution in [0.15, 0.2) is 24.3 Å². The molecule has 5 nitrogen and oxygen atoms in total. The summed E-state index contributed by atoms with van der Waals surface area (Å²) in [4.78, 5) is 8.84. The maximum absolute atomic E-state index is 5.46. The molecule has 0 spiro atoms. The molecule has 20 heavy (non-hydrogen) atoms. The summed E-state index contributed by atoms with van der Waals surface area (Å²) in [6, 6.07) is 8.41. The van der Waals surface area contributed by atoms with Crippen molar-refractivity contribution in [1.29, 1.82) is 0 Å². The molecule has 106 valence electrons. The molecule has 0 amide bonds. The Labute approximate surface area is 119 Å². The molecule has 1 heterocycles. The zero-order chi connectivity index (χ0) is 13.9. The molecule has 5 heteroatoms. The number of benzene rings is 1. The third kappa shape index (κ3) is 2.54. The first kappa shape index (κ1) is 13.1. The fourth-order valence-corrected chi connectivity index (χ4v) is 3.04. The Morgan fingerprint density at radius 2 is 1.95 bits per heavy atom. The standard InChI is InChI=1S/C15H21N5/c1-10(11-6-2-3-7-11)17-14-12-8-4-5-9-13(12)18-15(19-14)20-16/h4-5,8-11H,2-3,6-7,16H2,1H3,(H2,17,18,19,20). The number of nitrogen functional groups attached to an aromatic ring is 1. The van der Waals surface area contributed by atoms with Gasteiger partial charge in [-0.15, -0.1) is 0 Å². The summed E-state index contributed by atoms with van der Waals surface area (Å²) < 4.78 is 0. The number of rotatable bonds is 4. The van der Waals surface area contributed by atoms with Gasteiger partial charge < -0.3 is 5.32 Å². The Hall–Kier alpha value is -1.88. The van der Waals surface area contributed by atoms with Crippen LogP contribution in [-0.2, 0) is 0 Å². The van der Waals surface area contributed by atoms with Gasteiger partial charge in [-0.05, 0) is 37.8 Å². The van der Waals surface area contributed by atoms with Crippen molar-refractivity contribution in [2.45, 2.75) is 38.6 Å². The number of hydrogen-bond acceptors (Lipinski definition) is 5. The van der Waals surface area contributed by atoms with Crippen LogP contribution in [-0.4, -0.2) is 16.0 Å². The maximum Gasteiger partial charge on any atom is 0.239 e. The van der Waals surface area contributed by atoms with Crippen LogP contribution >= 0.6 is 0 Å². The Kier molecular flexibility index (Phi) is 3.69. The Morgan fingerprint density at radius 3 is 2.70 bits per heavy atom. The van der Waals surface area contributed by atoms with Gasteiger partial charge in [0.1, 0.15) is 5.82 Å². The van der Waals surface area contributed by atoms with Crippen molar-refractivity contribution in [3.05, 3.63) is 24.3 Å². The molecular weight excluding hydrogens is 250 g/mol. The molecule has 0 aliphatic heterocycles. The second kappa shape index (κ2) is 5.63. The zero-order valence-corrected chi connectivity index (χ0v) is 11.8. The van der Waals surface area contributed by atoms with Crippen molar-refractivity contribution in [3.8, 4) is 0 Å². The molecule has 0 bridgehead atoms. The van der Waals surface area contributed by atoms with Crippen LogP contribution in [0.2, 0.25) is 0 Å². The van der Waals surface area contributed by atoms with Gasteiger partial charge >= 0.3 is 0 Å². The third-order valence-corrected chi connectivity index (χ3v) is 4.20. The van der Waals surface area contributed by atoms with Crippen molar-refractivity contribution >= 4 is 22.7 Å². The summed E-state index contributed by atoms with van der Waals surface area (Å²) in [5.74, 6) is 7.51. The summed E-state index contributed by atoms with van der Waals surface area (Å²) >= 11 is 0. The molecule has 1 aromatic carbocycles. The smallest absolute Gasteiger partial charge is 0.239 e. The Bertz CT molecular complexity index is 592. The number of hydrogen-bond donors (Lipinski definition) is 3. The van der Waals surface area contributed by atoms with E-state index >= 15 is 0 Å². The van der Waals surface area contributed by atoms with E-state index in [-0.39, 0.29) is 0 Å². The van der Waals surface area contributed by atoms with Crippen LogP contribution in [0.5, 0.6) is 0 Å². The number of fused-ring (bicyclic) bond motifs is 1. The molecule has 1 unspecified atom stereocenters. The molecule has 1 aromatic heterocycles. The molecule has 3 rings (SSSR count). The van der Waals surface area contributed by atoms with Gasteiger partial charge in [0.05, 0.1) is 5.52 Å². The number of nitrogens with zero attached hydrogens (tertiary/aromatic N) is 2. The first-order valence-corrected chi connectivity index (χ1v) is 7.28. The van der Waals surface area contributed by atoms with E-state index < -0.39 is 0 Å². The van der Waals surface area contributed by atoms with Crippen LogP contribution < -0.4 is 16.6 Å². The quantitative estimate of drug-likeness (QED) is 0.589. The average molecular weight is 271 g/mol. The second-order valence-electron chi connectivity index (χ2n) is 5.53. The maximum atomic E-state index is 5.46. The first-order valence-electron chi connectivity index (χ1n) is 7.28. The van der Waals surface area contributed by atoms with E-state index in [1.165, 1.54) is 25.7 Å². The topological polar surface area (TPSA) is 75.9 Å². The lowest BCUT2D eigenvalue weighted by Gasteiger charge is -2.22.